The van der Waals surface area contributed by atoms with Gasteiger partial charge in [-0.2, -0.15) is 0 Å². The van der Waals surface area contributed by atoms with E-state index in [9.17, 15) is 0 Å². The average Bonchev–Trinajstić information content (AvgIpc) is 2.18. The number of benzene rings is 1. The van der Waals surface area contributed by atoms with Gasteiger partial charge in [0.2, 0.25) is 0 Å². The van der Waals surface area contributed by atoms with Crippen LogP contribution in [0.3, 0.4) is 0 Å². The van der Waals surface area contributed by atoms with Crippen LogP contribution in [0.1, 0.15) is 12.5 Å². The highest BCUT2D eigenvalue weighted by molar-refractivity contribution is 7.98. The van der Waals surface area contributed by atoms with E-state index in [-0.39, 0.29) is 0 Å². The Morgan fingerprint density at radius 2 is 2.31 bits per heavy atom. The average molecular weight is 193 g/mol. The van der Waals surface area contributed by atoms with Gasteiger partial charge in [-0.15, -0.1) is 11.8 Å². The molecule has 0 fully saturated rings. The second kappa shape index (κ2) is 4.97. The Bertz CT molecular complexity index is 294. The summed E-state index contributed by atoms with van der Waals surface area (Å²) in [5.41, 5.74) is 1.01. The van der Waals surface area contributed by atoms with Crippen LogP contribution in [0.4, 0.5) is 0 Å². The minimum Gasteiger partial charge on any atom is -0.494 e. The lowest BCUT2D eigenvalue weighted by atomic mass is 10.2. The lowest BCUT2D eigenvalue weighted by Gasteiger charge is -2.06. The van der Waals surface area contributed by atoms with Crippen molar-refractivity contribution in [2.75, 3.05) is 12.9 Å². The van der Waals surface area contributed by atoms with Crippen LogP contribution < -0.4 is 4.74 Å². The summed E-state index contributed by atoms with van der Waals surface area (Å²) in [7, 11) is 0. The molecule has 0 spiro atoms. The van der Waals surface area contributed by atoms with Gasteiger partial charge in [-0.25, -0.2) is 0 Å². The summed E-state index contributed by atoms with van der Waals surface area (Å²) in [6.45, 7) is 6.31. The molecule has 69 valence electrons. The molecule has 1 radical (unpaired) electrons. The van der Waals surface area contributed by atoms with E-state index in [0.29, 0.717) is 6.61 Å². The van der Waals surface area contributed by atoms with Crippen molar-refractivity contribution < 1.29 is 4.74 Å². The molecule has 0 amide bonds. The molecule has 0 atom stereocenters. The molecule has 1 rings (SSSR count). The zero-order valence-electron chi connectivity index (χ0n) is 7.96. The van der Waals surface area contributed by atoms with Gasteiger partial charge in [-0.3, -0.25) is 0 Å². The minimum absolute atomic E-state index is 0.690. The van der Waals surface area contributed by atoms with Crippen molar-refractivity contribution in [3.63, 3.8) is 0 Å². The first-order chi connectivity index (χ1) is 6.31. The highest BCUT2D eigenvalue weighted by Gasteiger charge is 2.00. The van der Waals surface area contributed by atoms with Crippen LogP contribution in [-0.4, -0.2) is 12.9 Å². The highest BCUT2D eigenvalue weighted by Crippen LogP contribution is 2.24. The van der Waals surface area contributed by atoms with Gasteiger partial charge in [-0.05, 0) is 43.0 Å². The van der Waals surface area contributed by atoms with E-state index in [1.165, 1.54) is 4.90 Å². The van der Waals surface area contributed by atoms with Gasteiger partial charge in [0.25, 0.3) is 0 Å². The van der Waals surface area contributed by atoms with Crippen LogP contribution in [0.5, 0.6) is 5.75 Å². The fraction of sp³-hybridized carbons (Fsp3) is 0.273. The van der Waals surface area contributed by atoms with Gasteiger partial charge in [0, 0.05) is 4.90 Å². The van der Waals surface area contributed by atoms with Crippen LogP contribution in [0.15, 0.2) is 29.7 Å². The van der Waals surface area contributed by atoms with Crippen molar-refractivity contribution in [1.82, 2.24) is 0 Å². The summed E-state index contributed by atoms with van der Waals surface area (Å²) in [5, 5.41) is 0. The normalized spacial score (nSPS) is 9.69. The van der Waals surface area contributed by atoms with Crippen molar-refractivity contribution >= 4 is 11.8 Å². The quantitative estimate of drug-likeness (QED) is 0.679. The predicted molar refractivity (Wildman–Crippen MR) is 57.4 cm³/mol. The number of hydrogen-bond donors (Lipinski definition) is 0. The van der Waals surface area contributed by atoms with Crippen molar-refractivity contribution in [2.24, 2.45) is 0 Å². The summed E-state index contributed by atoms with van der Waals surface area (Å²) >= 11 is 1.69. The molecule has 0 aliphatic carbocycles. The summed E-state index contributed by atoms with van der Waals surface area (Å²) in [6, 6.07) is 5.96. The second-order valence-corrected chi connectivity index (χ2v) is 3.32. The monoisotopic (exact) mass is 193 g/mol. The first-order valence-corrected chi connectivity index (χ1v) is 5.38. The van der Waals surface area contributed by atoms with Crippen LogP contribution in [0, 0.1) is 6.08 Å². The van der Waals surface area contributed by atoms with Crippen LogP contribution in [-0.2, 0) is 0 Å². The maximum atomic E-state index is 5.37. The molecule has 0 heterocycles. The lowest BCUT2D eigenvalue weighted by Crippen LogP contribution is -1.92. The molecule has 0 unspecified atom stereocenters. The van der Waals surface area contributed by atoms with E-state index in [1.807, 2.05) is 31.4 Å². The summed E-state index contributed by atoms with van der Waals surface area (Å²) in [4.78, 5) is 1.18. The first kappa shape index (κ1) is 10.2. The Balaban J connectivity index is 2.98. The third kappa shape index (κ3) is 2.52. The van der Waals surface area contributed by atoms with E-state index in [4.69, 9.17) is 4.74 Å². The molecule has 0 aliphatic heterocycles. The molecule has 0 aliphatic rings. The molecule has 0 saturated heterocycles. The molecule has 0 saturated carbocycles. The molecule has 0 bridgehead atoms. The Morgan fingerprint density at radius 1 is 1.54 bits per heavy atom. The van der Waals surface area contributed by atoms with Crippen LogP contribution >= 0.6 is 11.8 Å². The molecule has 0 N–H and O–H groups in total. The smallest absolute Gasteiger partial charge is 0.119 e. The van der Waals surface area contributed by atoms with Gasteiger partial charge < -0.3 is 4.74 Å². The molecule has 1 aromatic rings. The fourth-order valence-electron chi connectivity index (χ4n) is 1.08. The molecular weight excluding hydrogens is 180 g/mol. The summed E-state index contributed by atoms with van der Waals surface area (Å²) < 4.78 is 5.37. The van der Waals surface area contributed by atoms with Crippen molar-refractivity contribution in [1.29, 1.82) is 0 Å². The van der Waals surface area contributed by atoms with Gasteiger partial charge in [0.1, 0.15) is 5.75 Å². The SMILES string of the molecule is C=[C]c1cc(OCC)ccc1SC. The first-order valence-electron chi connectivity index (χ1n) is 4.15. The number of rotatable bonds is 4. The third-order valence-corrected chi connectivity index (χ3v) is 2.47. The fourth-order valence-corrected chi connectivity index (χ4v) is 1.64. The van der Waals surface area contributed by atoms with E-state index in [2.05, 4.69) is 12.7 Å². The van der Waals surface area contributed by atoms with Gasteiger partial charge >= 0.3 is 0 Å². The molecular formula is C11H13OS. The molecule has 1 nitrogen and oxygen atoms in total. The van der Waals surface area contributed by atoms with Crippen molar-refractivity contribution in [3.8, 4) is 5.75 Å². The Labute approximate surface area is 83.8 Å². The number of thioether (sulfide) groups is 1. The minimum atomic E-state index is 0.690. The largest absolute Gasteiger partial charge is 0.494 e. The van der Waals surface area contributed by atoms with E-state index >= 15 is 0 Å². The number of ether oxygens (including phenoxy) is 1. The van der Waals surface area contributed by atoms with Crippen molar-refractivity contribution in [2.45, 2.75) is 11.8 Å². The van der Waals surface area contributed by atoms with Crippen LogP contribution in [0.2, 0.25) is 0 Å². The number of hydrogen-bond acceptors (Lipinski definition) is 2. The molecule has 1 aromatic carbocycles. The van der Waals surface area contributed by atoms with Crippen LogP contribution in [0.25, 0.3) is 0 Å². The summed E-state index contributed by atoms with van der Waals surface area (Å²) in [5.74, 6) is 0.881. The standard InChI is InChI=1S/C11H13OS/c1-4-9-8-10(12-5-2)6-7-11(9)13-3/h6-8H,1,5H2,2-3H3. The molecule has 2 heteroatoms. The van der Waals surface area contributed by atoms with E-state index in [1.54, 1.807) is 11.8 Å². The van der Waals surface area contributed by atoms with E-state index < -0.39 is 0 Å². The zero-order valence-corrected chi connectivity index (χ0v) is 8.78. The summed E-state index contributed by atoms with van der Waals surface area (Å²) in [6.07, 6.45) is 4.93. The Kier molecular flexibility index (Phi) is 3.90. The maximum absolute atomic E-state index is 5.37. The Hall–Kier alpha value is -0.890. The topological polar surface area (TPSA) is 9.23 Å². The van der Waals surface area contributed by atoms with Gasteiger partial charge in [0.15, 0.2) is 0 Å². The van der Waals surface area contributed by atoms with Gasteiger partial charge in [0.05, 0.1) is 6.61 Å². The maximum Gasteiger partial charge on any atom is 0.119 e. The molecule has 0 aromatic heterocycles. The molecule has 13 heavy (non-hydrogen) atoms. The third-order valence-electron chi connectivity index (χ3n) is 1.67. The van der Waals surface area contributed by atoms with Gasteiger partial charge in [-0.1, -0.05) is 6.58 Å². The highest BCUT2D eigenvalue weighted by atomic mass is 32.2. The predicted octanol–water partition coefficient (Wildman–Crippen LogP) is 3.14. The lowest BCUT2D eigenvalue weighted by molar-refractivity contribution is 0.340. The van der Waals surface area contributed by atoms with Crippen molar-refractivity contribution in [3.05, 3.63) is 36.4 Å². The second-order valence-electron chi connectivity index (χ2n) is 2.47. The Morgan fingerprint density at radius 3 is 2.85 bits per heavy atom. The zero-order chi connectivity index (χ0) is 9.68. The van der Waals surface area contributed by atoms with E-state index in [0.717, 1.165) is 11.3 Å².